The van der Waals surface area contributed by atoms with Crippen LogP contribution >= 0.6 is 15.9 Å². The van der Waals surface area contributed by atoms with E-state index in [2.05, 4.69) is 21.2 Å². The summed E-state index contributed by atoms with van der Waals surface area (Å²) in [5.74, 6) is 0.921. The van der Waals surface area contributed by atoms with E-state index >= 15 is 0 Å². The van der Waals surface area contributed by atoms with Crippen LogP contribution in [0.4, 0.5) is 4.39 Å². The Morgan fingerprint density at radius 3 is 2.94 bits per heavy atom. The van der Waals surface area contributed by atoms with Gasteiger partial charge in [-0.05, 0) is 35.9 Å². The van der Waals surface area contributed by atoms with E-state index in [0.717, 1.165) is 6.42 Å². The molecule has 17 heavy (non-hydrogen) atoms. The molecule has 1 aliphatic rings. The van der Waals surface area contributed by atoms with Crippen molar-refractivity contribution in [1.29, 1.82) is 0 Å². The molecule has 1 aromatic carbocycles. The van der Waals surface area contributed by atoms with Crippen LogP contribution in [0.15, 0.2) is 10.5 Å². The smallest absolute Gasteiger partial charge is 0.167 e. The summed E-state index contributed by atoms with van der Waals surface area (Å²) in [4.78, 5) is 0. The van der Waals surface area contributed by atoms with Gasteiger partial charge in [0.05, 0.1) is 17.7 Å². The number of nitrogens with one attached hydrogen (secondary N) is 1. The zero-order valence-electron chi connectivity index (χ0n) is 9.69. The third kappa shape index (κ3) is 2.72. The fourth-order valence-corrected chi connectivity index (χ4v) is 2.24. The number of hydrogen-bond donors (Lipinski definition) is 1. The molecule has 94 valence electrons. The largest absolute Gasteiger partial charge is 0.490 e. The molecular formula is C12H15BrFNO2. The summed E-state index contributed by atoms with van der Waals surface area (Å²) >= 11 is 3.21. The molecule has 0 spiro atoms. The van der Waals surface area contributed by atoms with Gasteiger partial charge >= 0.3 is 0 Å². The van der Waals surface area contributed by atoms with E-state index in [0.29, 0.717) is 47.7 Å². The number of rotatable bonds is 3. The fraction of sp³-hybridized carbons (Fsp3) is 0.500. The molecule has 1 aliphatic heterocycles. The van der Waals surface area contributed by atoms with Crippen molar-refractivity contribution in [1.82, 2.24) is 5.32 Å². The third-order valence-electron chi connectivity index (χ3n) is 2.65. The molecule has 1 N–H and O–H groups in total. The molecule has 2 rings (SSSR count). The second-order valence-corrected chi connectivity index (χ2v) is 4.74. The molecule has 0 radical (unpaired) electrons. The maximum absolute atomic E-state index is 14.0. The van der Waals surface area contributed by atoms with Gasteiger partial charge in [-0.25, -0.2) is 4.39 Å². The summed E-state index contributed by atoms with van der Waals surface area (Å²) in [5.41, 5.74) is 0.575. The lowest BCUT2D eigenvalue weighted by Crippen LogP contribution is -2.12. The normalized spacial score (nSPS) is 14.5. The van der Waals surface area contributed by atoms with Crippen molar-refractivity contribution >= 4 is 15.9 Å². The van der Waals surface area contributed by atoms with Crippen LogP contribution in [0.2, 0.25) is 0 Å². The molecule has 0 amide bonds. The molecule has 0 aliphatic carbocycles. The summed E-state index contributed by atoms with van der Waals surface area (Å²) in [5, 5.41) is 3.01. The van der Waals surface area contributed by atoms with E-state index in [1.54, 1.807) is 6.07 Å². The molecule has 0 aromatic heterocycles. The zero-order chi connectivity index (χ0) is 12.3. The highest BCUT2D eigenvalue weighted by atomic mass is 79.9. The molecule has 0 atom stereocenters. The minimum absolute atomic E-state index is 0.260. The molecule has 0 saturated heterocycles. The van der Waals surface area contributed by atoms with Crippen molar-refractivity contribution in [3.63, 3.8) is 0 Å². The Balaban J connectivity index is 2.42. The van der Waals surface area contributed by atoms with Crippen LogP contribution in [-0.4, -0.2) is 26.8 Å². The Morgan fingerprint density at radius 1 is 1.41 bits per heavy atom. The van der Waals surface area contributed by atoms with Crippen LogP contribution in [-0.2, 0) is 6.42 Å². The van der Waals surface area contributed by atoms with Crippen molar-refractivity contribution < 1.29 is 13.9 Å². The van der Waals surface area contributed by atoms with E-state index in [1.165, 1.54) is 0 Å². The Bertz CT molecular complexity index is 412. The van der Waals surface area contributed by atoms with E-state index in [1.807, 2.05) is 7.05 Å². The fourth-order valence-electron chi connectivity index (χ4n) is 1.79. The first-order valence-electron chi connectivity index (χ1n) is 5.65. The quantitative estimate of drug-likeness (QED) is 0.931. The van der Waals surface area contributed by atoms with Gasteiger partial charge in [0.25, 0.3) is 0 Å². The zero-order valence-corrected chi connectivity index (χ0v) is 11.3. The van der Waals surface area contributed by atoms with Crippen molar-refractivity contribution in [3.05, 3.63) is 21.9 Å². The number of ether oxygens (including phenoxy) is 2. The van der Waals surface area contributed by atoms with E-state index in [9.17, 15) is 4.39 Å². The van der Waals surface area contributed by atoms with Gasteiger partial charge in [0.2, 0.25) is 0 Å². The summed E-state index contributed by atoms with van der Waals surface area (Å²) in [6.07, 6.45) is 1.40. The van der Waals surface area contributed by atoms with E-state index in [-0.39, 0.29) is 5.82 Å². The van der Waals surface area contributed by atoms with Gasteiger partial charge in [-0.2, -0.15) is 0 Å². The summed E-state index contributed by atoms with van der Waals surface area (Å²) in [6.45, 7) is 1.88. The lowest BCUT2D eigenvalue weighted by molar-refractivity contribution is 0.295. The first-order chi connectivity index (χ1) is 8.24. The predicted molar refractivity (Wildman–Crippen MR) is 67.3 cm³/mol. The van der Waals surface area contributed by atoms with Crippen LogP contribution in [0.5, 0.6) is 11.5 Å². The predicted octanol–water partition coefficient (Wildman–Crippen LogP) is 2.51. The lowest BCUT2D eigenvalue weighted by atomic mass is 10.1. The van der Waals surface area contributed by atoms with E-state index in [4.69, 9.17) is 9.47 Å². The molecule has 3 nitrogen and oxygen atoms in total. The van der Waals surface area contributed by atoms with Crippen LogP contribution in [0.25, 0.3) is 0 Å². The Hall–Kier alpha value is -0.810. The average molecular weight is 304 g/mol. The highest BCUT2D eigenvalue weighted by Gasteiger charge is 2.21. The van der Waals surface area contributed by atoms with Crippen LogP contribution in [0, 0.1) is 5.82 Å². The van der Waals surface area contributed by atoms with Gasteiger partial charge in [0.15, 0.2) is 11.5 Å². The van der Waals surface area contributed by atoms with Gasteiger partial charge in [-0.3, -0.25) is 0 Å². The lowest BCUT2D eigenvalue weighted by Gasteiger charge is -2.14. The van der Waals surface area contributed by atoms with Crippen LogP contribution < -0.4 is 14.8 Å². The maximum atomic E-state index is 14.0. The first-order valence-corrected chi connectivity index (χ1v) is 6.44. The molecule has 0 unspecified atom stereocenters. The second kappa shape index (κ2) is 5.69. The number of halogens is 2. The number of fused-ring (bicyclic) bond motifs is 1. The standard InChI is InChI=1S/C12H15BrFNO2/c1-15-4-3-8-11(14)9(13)7-10-12(8)17-6-2-5-16-10/h7,15H,2-6H2,1H3. The molecule has 1 heterocycles. The van der Waals surface area contributed by atoms with Gasteiger partial charge in [-0.1, -0.05) is 0 Å². The first kappa shape index (κ1) is 12.6. The van der Waals surface area contributed by atoms with Gasteiger partial charge in [0.1, 0.15) is 5.82 Å². The second-order valence-electron chi connectivity index (χ2n) is 3.88. The van der Waals surface area contributed by atoms with Gasteiger partial charge in [-0.15, -0.1) is 0 Å². The minimum Gasteiger partial charge on any atom is -0.490 e. The summed E-state index contributed by atoms with van der Waals surface area (Å²) in [6, 6.07) is 1.64. The number of likely N-dealkylation sites (N-methyl/N-ethyl adjacent to an activating group) is 1. The SMILES string of the molecule is CNCCc1c(F)c(Br)cc2c1OCCCO2. The van der Waals surface area contributed by atoms with E-state index < -0.39 is 0 Å². The Morgan fingerprint density at radius 2 is 2.18 bits per heavy atom. The molecular weight excluding hydrogens is 289 g/mol. The number of hydrogen-bond acceptors (Lipinski definition) is 3. The van der Waals surface area contributed by atoms with Gasteiger partial charge in [0, 0.05) is 18.1 Å². The third-order valence-corrected chi connectivity index (χ3v) is 3.23. The highest BCUT2D eigenvalue weighted by Crippen LogP contribution is 2.39. The van der Waals surface area contributed by atoms with Gasteiger partial charge < -0.3 is 14.8 Å². The minimum atomic E-state index is -0.260. The molecule has 0 bridgehead atoms. The van der Waals surface area contributed by atoms with Crippen LogP contribution in [0.3, 0.4) is 0 Å². The van der Waals surface area contributed by atoms with Crippen molar-refractivity contribution in [2.45, 2.75) is 12.8 Å². The van der Waals surface area contributed by atoms with Crippen LogP contribution in [0.1, 0.15) is 12.0 Å². The summed E-state index contributed by atoms with van der Waals surface area (Å²) < 4.78 is 25.6. The highest BCUT2D eigenvalue weighted by molar-refractivity contribution is 9.10. The van der Waals surface area contributed by atoms with Crippen molar-refractivity contribution in [2.75, 3.05) is 26.8 Å². The molecule has 0 fully saturated rings. The monoisotopic (exact) mass is 303 g/mol. The maximum Gasteiger partial charge on any atom is 0.167 e. The molecule has 5 heteroatoms. The molecule has 1 aromatic rings. The molecule has 0 saturated carbocycles. The van der Waals surface area contributed by atoms with Crippen molar-refractivity contribution in [3.8, 4) is 11.5 Å². The Labute approximate surface area is 108 Å². The average Bonchev–Trinajstić information content (AvgIpc) is 2.55. The topological polar surface area (TPSA) is 30.5 Å². The summed E-state index contributed by atoms with van der Waals surface area (Å²) in [7, 11) is 1.84. The Kier molecular flexibility index (Phi) is 4.23. The number of benzene rings is 1. The van der Waals surface area contributed by atoms with Crippen molar-refractivity contribution in [2.24, 2.45) is 0 Å².